The molecule has 0 radical (unpaired) electrons. The molecule has 3 aromatic rings. The average Bonchev–Trinajstić information content (AvgIpc) is 3.56. The fourth-order valence-corrected chi connectivity index (χ4v) is 5.44. The van der Waals surface area contributed by atoms with E-state index in [0.717, 1.165) is 39.4 Å². The molecule has 1 amide bonds. The molecule has 164 valence electrons. The summed E-state index contributed by atoms with van der Waals surface area (Å²) >= 11 is 3.02. The Kier molecular flexibility index (Phi) is 6.39. The van der Waals surface area contributed by atoms with Crippen LogP contribution in [-0.4, -0.2) is 28.2 Å². The smallest absolute Gasteiger partial charge is 0.259 e. The minimum Gasteiger partial charge on any atom is -0.497 e. The van der Waals surface area contributed by atoms with Gasteiger partial charge in [-0.15, -0.1) is 23.1 Å². The number of nitrogens with one attached hydrogen (secondary N) is 2. The van der Waals surface area contributed by atoms with Gasteiger partial charge in [0.05, 0.1) is 29.5 Å². The van der Waals surface area contributed by atoms with Gasteiger partial charge in [-0.05, 0) is 62.8 Å². The van der Waals surface area contributed by atoms with E-state index in [1.165, 1.54) is 23.1 Å². The molecule has 0 aliphatic heterocycles. The molecule has 31 heavy (non-hydrogen) atoms. The topological polar surface area (TPSA) is 84.1 Å². The van der Waals surface area contributed by atoms with Crippen LogP contribution in [0.2, 0.25) is 0 Å². The zero-order chi connectivity index (χ0) is 22.1. The Morgan fingerprint density at radius 1 is 1.32 bits per heavy atom. The van der Waals surface area contributed by atoms with Gasteiger partial charge in [0.2, 0.25) is 5.91 Å². The molecule has 6 nitrogen and oxygen atoms in total. The second kappa shape index (κ2) is 9.04. The highest BCUT2D eigenvalue weighted by atomic mass is 32.2. The predicted molar refractivity (Wildman–Crippen MR) is 127 cm³/mol. The minimum absolute atomic E-state index is 0.00366. The second-order valence-corrected chi connectivity index (χ2v) is 10.6. The Labute approximate surface area is 189 Å². The van der Waals surface area contributed by atoms with E-state index in [1.807, 2.05) is 45.0 Å². The molecule has 2 atom stereocenters. The van der Waals surface area contributed by atoms with E-state index in [4.69, 9.17) is 4.74 Å². The molecule has 0 spiro atoms. The molecular formula is C23H27N3O3S2. The number of nitrogens with zero attached hydrogens (tertiary/aromatic N) is 1. The van der Waals surface area contributed by atoms with Gasteiger partial charge in [-0.1, -0.05) is 12.1 Å². The zero-order valence-corrected chi connectivity index (χ0v) is 19.8. The number of carbonyl (C=O) groups excluding carboxylic acids is 1. The lowest BCUT2D eigenvalue weighted by Crippen LogP contribution is -2.35. The zero-order valence-electron chi connectivity index (χ0n) is 18.2. The van der Waals surface area contributed by atoms with E-state index < -0.39 is 0 Å². The lowest BCUT2D eigenvalue weighted by molar-refractivity contribution is -0.121. The third-order valence-corrected chi connectivity index (χ3v) is 8.05. The summed E-state index contributed by atoms with van der Waals surface area (Å²) in [6.45, 7) is 5.85. The van der Waals surface area contributed by atoms with Crippen LogP contribution in [0.4, 0.5) is 0 Å². The van der Waals surface area contributed by atoms with E-state index in [-0.39, 0.29) is 22.8 Å². The van der Waals surface area contributed by atoms with Crippen molar-refractivity contribution in [2.75, 3.05) is 7.11 Å². The molecule has 4 rings (SSSR count). The number of thioether (sulfide) groups is 1. The number of aromatic nitrogens is 2. The number of fused-ring (bicyclic) bond motifs is 1. The van der Waals surface area contributed by atoms with E-state index in [9.17, 15) is 9.59 Å². The molecule has 2 heterocycles. The highest BCUT2D eigenvalue weighted by Crippen LogP contribution is 2.41. The number of carbonyl (C=O) groups is 1. The summed E-state index contributed by atoms with van der Waals surface area (Å²) in [6, 6.07) is 7.93. The lowest BCUT2D eigenvalue weighted by Gasteiger charge is -2.21. The lowest BCUT2D eigenvalue weighted by atomic mass is 10.0. The summed E-state index contributed by atoms with van der Waals surface area (Å²) < 4.78 is 5.24. The molecule has 2 aromatic heterocycles. The summed E-state index contributed by atoms with van der Waals surface area (Å²) in [7, 11) is 1.65. The number of hydrogen-bond acceptors (Lipinski definition) is 6. The maximum absolute atomic E-state index is 12.9. The second-order valence-electron chi connectivity index (χ2n) is 8.03. The van der Waals surface area contributed by atoms with Gasteiger partial charge in [0, 0.05) is 4.88 Å². The maximum Gasteiger partial charge on any atom is 0.259 e. The molecule has 1 aliphatic carbocycles. The Morgan fingerprint density at radius 3 is 2.68 bits per heavy atom. The van der Waals surface area contributed by atoms with Crippen LogP contribution < -0.4 is 15.6 Å². The van der Waals surface area contributed by atoms with Crippen LogP contribution in [0.15, 0.2) is 29.1 Å². The molecule has 1 fully saturated rings. The van der Waals surface area contributed by atoms with Crippen molar-refractivity contribution in [2.24, 2.45) is 5.92 Å². The van der Waals surface area contributed by atoms with Gasteiger partial charge in [0.25, 0.3) is 5.56 Å². The number of aromatic amines is 1. The third kappa shape index (κ3) is 4.80. The molecule has 2 unspecified atom stereocenters. The van der Waals surface area contributed by atoms with Crippen LogP contribution in [0.25, 0.3) is 10.2 Å². The molecule has 8 heteroatoms. The molecule has 0 saturated heterocycles. The third-order valence-electron chi connectivity index (χ3n) is 5.79. The van der Waals surface area contributed by atoms with E-state index in [2.05, 4.69) is 15.3 Å². The molecule has 2 N–H and O–H groups in total. The quantitative estimate of drug-likeness (QED) is 0.520. The monoisotopic (exact) mass is 457 g/mol. The van der Waals surface area contributed by atoms with Crippen LogP contribution in [0.3, 0.4) is 0 Å². The van der Waals surface area contributed by atoms with Crippen molar-refractivity contribution < 1.29 is 9.53 Å². The Balaban J connectivity index is 1.41. The first-order chi connectivity index (χ1) is 14.9. The van der Waals surface area contributed by atoms with Gasteiger partial charge in [-0.25, -0.2) is 4.98 Å². The van der Waals surface area contributed by atoms with E-state index in [0.29, 0.717) is 22.9 Å². The predicted octanol–water partition coefficient (Wildman–Crippen LogP) is 4.50. The number of H-pyrrole nitrogens is 1. The first kappa shape index (κ1) is 21.9. The van der Waals surface area contributed by atoms with Crippen LogP contribution in [0.1, 0.15) is 47.6 Å². The Morgan fingerprint density at radius 2 is 2.03 bits per heavy atom. The minimum atomic E-state index is -0.257. The summed E-state index contributed by atoms with van der Waals surface area (Å²) in [6.07, 6.45) is 2.26. The standard InChI is InChI=1S/C23H27N3O3S2/c1-12-13(2)31-23-19(12)22(28)24-18(25-23)11-30-14(3)21(27)26-20(15-5-6-15)16-7-9-17(29-4)10-8-16/h7-10,14-15,20H,5-6,11H2,1-4H3,(H,26,27)(H,24,25,28). The van der Waals surface area contributed by atoms with Crippen molar-refractivity contribution >= 4 is 39.2 Å². The molecular weight excluding hydrogens is 430 g/mol. The average molecular weight is 458 g/mol. The Hall–Kier alpha value is -2.32. The maximum atomic E-state index is 12.9. The van der Waals surface area contributed by atoms with Crippen molar-refractivity contribution in [3.05, 3.63) is 56.4 Å². The number of aryl methyl sites for hydroxylation is 2. The first-order valence-electron chi connectivity index (χ1n) is 10.4. The highest BCUT2D eigenvalue weighted by Gasteiger charge is 2.34. The fraction of sp³-hybridized carbons (Fsp3) is 0.435. The highest BCUT2D eigenvalue weighted by molar-refractivity contribution is 7.99. The van der Waals surface area contributed by atoms with Crippen molar-refractivity contribution in [1.82, 2.24) is 15.3 Å². The van der Waals surface area contributed by atoms with Gasteiger partial charge < -0.3 is 15.0 Å². The van der Waals surface area contributed by atoms with E-state index >= 15 is 0 Å². The van der Waals surface area contributed by atoms with Crippen molar-refractivity contribution in [3.8, 4) is 5.75 Å². The molecule has 1 aromatic carbocycles. The van der Waals surface area contributed by atoms with Crippen molar-refractivity contribution in [1.29, 1.82) is 0 Å². The summed E-state index contributed by atoms with van der Waals surface area (Å²) in [4.78, 5) is 34.7. The van der Waals surface area contributed by atoms with Crippen LogP contribution in [0.5, 0.6) is 5.75 Å². The van der Waals surface area contributed by atoms with E-state index in [1.54, 1.807) is 7.11 Å². The normalized spacial score (nSPS) is 15.6. The summed E-state index contributed by atoms with van der Waals surface area (Å²) in [5.41, 5.74) is 1.99. The number of methoxy groups -OCH3 is 1. The van der Waals surface area contributed by atoms with Crippen LogP contribution in [0, 0.1) is 19.8 Å². The number of benzene rings is 1. The van der Waals surface area contributed by atoms with Gasteiger partial charge in [0.15, 0.2) is 0 Å². The number of rotatable bonds is 8. The van der Waals surface area contributed by atoms with Crippen molar-refractivity contribution in [3.63, 3.8) is 0 Å². The summed E-state index contributed by atoms with van der Waals surface area (Å²) in [5.74, 6) is 2.39. The van der Waals surface area contributed by atoms with Crippen molar-refractivity contribution in [2.45, 2.75) is 50.7 Å². The SMILES string of the molecule is COc1ccc(C(NC(=O)C(C)SCc2nc3sc(C)c(C)c3c(=O)[nH]2)C2CC2)cc1. The van der Waals surface area contributed by atoms with Gasteiger partial charge in [-0.2, -0.15) is 0 Å². The Bertz CT molecular complexity index is 1150. The molecule has 1 saturated carbocycles. The van der Waals surface area contributed by atoms with Gasteiger partial charge in [-0.3, -0.25) is 9.59 Å². The van der Waals surface area contributed by atoms with Crippen LogP contribution in [-0.2, 0) is 10.5 Å². The number of amides is 1. The number of hydrogen-bond donors (Lipinski definition) is 2. The fourth-order valence-electron chi connectivity index (χ4n) is 3.63. The van der Waals surface area contributed by atoms with Gasteiger partial charge >= 0.3 is 0 Å². The van der Waals surface area contributed by atoms with Crippen LogP contribution >= 0.6 is 23.1 Å². The first-order valence-corrected chi connectivity index (χ1v) is 12.3. The van der Waals surface area contributed by atoms with Gasteiger partial charge in [0.1, 0.15) is 16.4 Å². The molecule has 0 bridgehead atoms. The number of thiophene rings is 1. The molecule has 1 aliphatic rings. The largest absolute Gasteiger partial charge is 0.497 e. The summed E-state index contributed by atoms with van der Waals surface area (Å²) in [5, 5.41) is 3.65. The number of ether oxygens (including phenoxy) is 1.